The largest absolute Gasteiger partial charge is 0.416 e. The van der Waals surface area contributed by atoms with Gasteiger partial charge in [-0.15, -0.1) is 0 Å². The number of halogens is 3. The molecule has 2 atom stereocenters. The summed E-state index contributed by atoms with van der Waals surface area (Å²) >= 11 is 0. The van der Waals surface area contributed by atoms with Crippen LogP contribution < -0.4 is 0 Å². The van der Waals surface area contributed by atoms with Gasteiger partial charge in [-0.2, -0.15) is 18.3 Å². The summed E-state index contributed by atoms with van der Waals surface area (Å²) in [6.45, 7) is 4.30. The summed E-state index contributed by atoms with van der Waals surface area (Å²) in [7, 11) is 1.53. The molecule has 0 N–H and O–H groups in total. The van der Waals surface area contributed by atoms with Gasteiger partial charge in [-0.25, -0.2) is 0 Å². The smallest absolute Gasteiger partial charge is 0.371 e. The van der Waals surface area contributed by atoms with Crippen LogP contribution in [0.3, 0.4) is 0 Å². The molecular weight excluding hydrogens is 371 g/mol. The van der Waals surface area contributed by atoms with Crippen LogP contribution in [0.5, 0.6) is 0 Å². The second-order valence-electron chi connectivity index (χ2n) is 7.33. The minimum Gasteiger partial charge on any atom is -0.371 e. The number of hydrogen-bond donors (Lipinski definition) is 0. The molecule has 0 bridgehead atoms. The molecule has 3 rings (SSSR count). The predicted molar refractivity (Wildman–Crippen MR) is 97.3 cm³/mol. The number of alkyl halides is 3. The highest BCUT2D eigenvalue weighted by Crippen LogP contribution is 2.37. The molecule has 1 aliphatic heterocycles. The summed E-state index contributed by atoms with van der Waals surface area (Å²) in [5.41, 5.74) is 0.176. The Kier molecular flexibility index (Phi) is 5.79. The quantitative estimate of drug-likeness (QED) is 0.762. The number of carbonyl (C=O) groups is 1. The third kappa shape index (κ3) is 4.06. The highest BCUT2D eigenvalue weighted by atomic mass is 19.4. The molecule has 0 saturated carbocycles. The Hall–Kier alpha value is -2.35. The zero-order valence-corrected chi connectivity index (χ0v) is 16.1. The lowest BCUT2D eigenvalue weighted by Gasteiger charge is -2.26. The molecule has 152 valence electrons. The van der Waals surface area contributed by atoms with E-state index in [1.54, 1.807) is 12.3 Å². The third-order valence-electron chi connectivity index (χ3n) is 5.00. The topological polar surface area (TPSA) is 47.4 Å². The molecule has 1 amide bonds. The van der Waals surface area contributed by atoms with Crippen LogP contribution in [0.2, 0.25) is 0 Å². The molecule has 1 aromatic carbocycles. The first-order valence-corrected chi connectivity index (χ1v) is 9.25. The number of rotatable bonds is 5. The maximum absolute atomic E-state index is 13.2. The summed E-state index contributed by atoms with van der Waals surface area (Å²) < 4.78 is 47.3. The van der Waals surface area contributed by atoms with Crippen molar-refractivity contribution < 1.29 is 22.7 Å². The van der Waals surface area contributed by atoms with Gasteiger partial charge in [0.15, 0.2) is 0 Å². The van der Waals surface area contributed by atoms with Crippen molar-refractivity contribution in [2.45, 2.75) is 45.1 Å². The number of nitrogens with zero attached hydrogens (tertiary/aromatic N) is 3. The Morgan fingerprint density at radius 3 is 2.71 bits per heavy atom. The van der Waals surface area contributed by atoms with E-state index in [1.807, 2.05) is 24.6 Å². The summed E-state index contributed by atoms with van der Waals surface area (Å²) in [5.74, 6) is -0.673. The van der Waals surface area contributed by atoms with E-state index in [0.717, 1.165) is 11.8 Å². The van der Waals surface area contributed by atoms with Gasteiger partial charge in [0.05, 0.1) is 17.2 Å². The number of carbonyl (C=O) groups excluding carboxylic acids is 1. The summed E-state index contributed by atoms with van der Waals surface area (Å²) in [6.07, 6.45) is -2.71. The number of aromatic nitrogens is 2. The zero-order chi connectivity index (χ0) is 20.5. The van der Waals surface area contributed by atoms with E-state index in [4.69, 9.17) is 4.74 Å². The second kappa shape index (κ2) is 7.95. The van der Waals surface area contributed by atoms with Crippen LogP contribution in [0.4, 0.5) is 13.2 Å². The molecule has 0 radical (unpaired) electrons. The molecule has 5 nitrogen and oxygen atoms in total. The van der Waals surface area contributed by atoms with E-state index in [0.29, 0.717) is 13.0 Å². The molecule has 1 aromatic heterocycles. The fourth-order valence-electron chi connectivity index (χ4n) is 3.67. The van der Waals surface area contributed by atoms with Gasteiger partial charge >= 0.3 is 6.18 Å². The second-order valence-corrected chi connectivity index (χ2v) is 7.33. The van der Waals surface area contributed by atoms with Gasteiger partial charge in [-0.3, -0.25) is 9.48 Å². The molecule has 2 heterocycles. The fraction of sp³-hybridized carbons (Fsp3) is 0.500. The van der Waals surface area contributed by atoms with Crippen molar-refractivity contribution in [1.29, 1.82) is 0 Å². The van der Waals surface area contributed by atoms with Gasteiger partial charge in [0.2, 0.25) is 5.91 Å². The SMILES string of the molecule is CC(C)n1nccc1[C@H]1OCC[C@@H]1C(=O)N(C)Cc1ccccc1C(F)(F)F. The number of amides is 1. The maximum Gasteiger partial charge on any atom is 0.416 e. The van der Waals surface area contributed by atoms with E-state index in [2.05, 4.69) is 5.10 Å². The molecule has 0 aliphatic carbocycles. The van der Waals surface area contributed by atoms with Crippen LogP contribution in [0.25, 0.3) is 0 Å². The van der Waals surface area contributed by atoms with Crippen molar-refractivity contribution in [3.05, 3.63) is 53.3 Å². The Bertz CT molecular complexity index is 832. The minimum absolute atomic E-state index is 0.0773. The van der Waals surface area contributed by atoms with E-state index in [9.17, 15) is 18.0 Å². The Morgan fingerprint density at radius 2 is 2.04 bits per heavy atom. The molecule has 1 aliphatic rings. The molecule has 1 fully saturated rings. The lowest BCUT2D eigenvalue weighted by molar-refractivity contribution is -0.141. The van der Waals surface area contributed by atoms with Crippen LogP contribution in [0, 0.1) is 5.92 Å². The normalized spacial score (nSPS) is 20.0. The minimum atomic E-state index is -4.46. The Morgan fingerprint density at radius 1 is 1.32 bits per heavy atom. The van der Waals surface area contributed by atoms with Crippen LogP contribution in [-0.4, -0.2) is 34.2 Å². The lowest BCUT2D eigenvalue weighted by atomic mass is 9.96. The molecule has 8 heteroatoms. The van der Waals surface area contributed by atoms with Crippen molar-refractivity contribution in [2.75, 3.05) is 13.7 Å². The number of benzene rings is 1. The summed E-state index contributed by atoms with van der Waals surface area (Å²) in [6, 6.07) is 7.28. The molecule has 1 saturated heterocycles. The van der Waals surface area contributed by atoms with E-state index >= 15 is 0 Å². The maximum atomic E-state index is 13.2. The van der Waals surface area contributed by atoms with Crippen molar-refractivity contribution in [2.24, 2.45) is 5.92 Å². The van der Waals surface area contributed by atoms with Crippen LogP contribution >= 0.6 is 0 Å². The number of ether oxygens (including phenoxy) is 1. The van der Waals surface area contributed by atoms with Crippen LogP contribution in [0.15, 0.2) is 36.5 Å². The van der Waals surface area contributed by atoms with Gasteiger partial charge < -0.3 is 9.64 Å². The van der Waals surface area contributed by atoms with E-state index in [1.165, 1.54) is 24.1 Å². The van der Waals surface area contributed by atoms with Crippen molar-refractivity contribution in [1.82, 2.24) is 14.7 Å². The third-order valence-corrected chi connectivity index (χ3v) is 5.00. The van der Waals surface area contributed by atoms with Gasteiger partial charge in [0, 0.05) is 32.4 Å². The summed E-state index contributed by atoms with van der Waals surface area (Å²) in [5, 5.41) is 4.29. The highest BCUT2D eigenvalue weighted by Gasteiger charge is 2.39. The average molecular weight is 395 g/mol. The fourth-order valence-corrected chi connectivity index (χ4v) is 3.67. The van der Waals surface area contributed by atoms with Crippen molar-refractivity contribution in [3.63, 3.8) is 0 Å². The van der Waals surface area contributed by atoms with Crippen molar-refractivity contribution in [3.8, 4) is 0 Å². The summed E-state index contributed by atoms with van der Waals surface area (Å²) in [4.78, 5) is 14.4. The monoisotopic (exact) mass is 395 g/mol. The van der Waals surface area contributed by atoms with Crippen molar-refractivity contribution >= 4 is 5.91 Å². The van der Waals surface area contributed by atoms with Crippen LogP contribution in [0.1, 0.15) is 49.2 Å². The highest BCUT2D eigenvalue weighted by molar-refractivity contribution is 5.79. The zero-order valence-electron chi connectivity index (χ0n) is 16.1. The first-order chi connectivity index (χ1) is 13.2. The van der Waals surface area contributed by atoms with Crippen LogP contribution in [-0.2, 0) is 22.3 Å². The van der Waals surface area contributed by atoms with Gasteiger partial charge in [-0.05, 0) is 38.0 Å². The van der Waals surface area contributed by atoms with E-state index in [-0.39, 0.29) is 24.1 Å². The predicted octanol–water partition coefficient (Wildman–Crippen LogP) is 4.22. The van der Waals surface area contributed by atoms with Gasteiger partial charge in [0.1, 0.15) is 6.10 Å². The molecule has 0 unspecified atom stereocenters. The first-order valence-electron chi connectivity index (χ1n) is 9.25. The molecule has 0 spiro atoms. The molecular formula is C20H24F3N3O2. The van der Waals surface area contributed by atoms with E-state index < -0.39 is 23.8 Å². The van der Waals surface area contributed by atoms with Gasteiger partial charge in [0.25, 0.3) is 0 Å². The number of hydrogen-bond acceptors (Lipinski definition) is 3. The molecule has 28 heavy (non-hydrogen) atoms. The average Bonchev–Trinajstić information content (AvgIpc) is 3.29. The lowest BCUT2D eigenvalue weighted by Crippen LogP contribution is -2.35. The Balaban J connectivity index is 1.79. The van der Waals surface area contributed by atoms with Gasteiger partial charge in [-0.1, -0.05) is 18.2 Å². The Labute approximate surface area is 162 Å². The standard InChI is InChI=1S/C20H24F3N3O2/c1-13(2)26-17(8-10-24-26)18-15(9-11-28-18)19(27)25(3)12-14-6-4-5-7-16(14)20(21,22)23/h4-8,10,13,15,18H,9,11-12H2,1-3H3/t15-,18-/m0/s1. The molecule has 2 aromatic rings. The first kappa shape index (κ1) is 20.4.